The van der Waals surface area contributed by atoms with Gasteiger partial charge in [-0.2, -0.15) is 5.10 Å². The van der Waals surface area contributed by atoms with Crippen molar-refractivity contribution in [2.24, 2.45) is 12.8 Å². The van der Waals surface area contributed by atoms with Crippen molar-refractivity contribution >= 4 is 23.2 Å². The number of halogens is 2. The summed E-state index contributed by atoms with van der Waals surface area (Å²) in [5.74, 6) is 0. The molecule has 0 amide bonds. The van der Waals surface area contributed by atoms with Gasteiger partial charge in [-0.1, -0.05) is 29.3 Å². The number of aromatic nitrogens is 2. The Labute approximate surface area is 129 Å². The Bertz CT molecular complexity index is 562. The van der Waals surface area contributed by atoms with Crippen molar-refractivity contribution in [2.75, 3.05) is 13.6 Å². The fourth-order valence-corrected chi connectivity index (χ4v) is 2.95. The summed E-state index contributed by atoms with van der Waals surface area (Å²) in [5.41, 5.74) is 7.92. The van der Waals surface area contributed by atoms with Gasteiger partial charge in [0.2, 0.25) is 0 Å². The predicted molar refractivity (Wildman–Crippen MR) is 82.9 cm³/mol. The van der Waals surface area contributed by atoms with Gasteiger partial charge in [0, 0.05) is 47.5 Å². The molecule has 0 aliphatic carbocycles. The summed E-state index contributed by atoms with van der Waals surface area (Å²) in [5, 5.41) is 5.46. The number of nitrogens with zero attached hydrogens (tertiary/aromatic N) is 3. The first-order valence-corrected chi connectivity index (χ1v) is 7.10. The van der Waals surface area contributed by atoms with Crippen molar-refractivity contribution in [2.45, 2.75) is 12.6 Å². The Morgan fingerprint density at radius 3 is 2.50 bits per heavy atom. The van der Waals surface area contributed by atoms with Gasteiger partial charge in [-0.15, -0.1) is 0 Å². The minimum absolute atomic E-state index is 0.0311. The molecule has 4 nitrogen and oxygen atoms in total. The first-order chi connectivity index (χ1) is 9.52. The first kappa shape index (κ1) is 15.3. The highest BCUT2D eigenvalue weighted by Crippen LogP contribution is 2.33. The number of likely N-dealkylation sites (N-methyl/N-ethyl adjacent to an activating group) is 1. The summed E-state index contributed by atoms with van der Waals surface area (Å²) in [4.78, 5) is 2.13. The third kappa shape index (κ3) is 3.33. The molecule has 0 saturated carbocycles. The highest BCUT2D eigenvalue weighted by molar-refractivity contribution is 6.36. The summed E-state index contributed by atoms with van der Waals surface area (Å²) >= 11 is 12.5. The van der Waals surface area contributed by atoms with E-state index in [0.29, 0.717) is 16.6 Å². The second-order valence-electron chi connectivity index (χ2n) is 4.82. The molecule has 1 unspecified atom stereocenters. The number of hydrogen-bond donors (Lipinski definition) is 1. The van der Waals surface area contributed by atoms with E-state index in [1.165, 1.54) is 0 Å². The molecular weight excluding hydrogens is 295 g/mol. The summed E-state index contributed by atoms with van der Waals surface area (Å²) in [7, 11) is 3.90. The van der Waals surface area contributed by atoms with Gasteiger partial charge in [-0.25, -0.2) is 0 Å². The number of benzene rings is 1. The van der Waals surface area contributed by atoms with Gasteiger partial charge in [-0.3, -0.25) is 9.58 Å². The van der Waals surface area contributed by atoms with Gasteiger partial charge >= 0.3 is 0 Å². The lowest BCUT2D eigenvalue weighted by Crippen LogP contribution is -2.30. The molecule has 0 fully saturated rings. The van der Waals surface area contributed by atoms with E-state index in [1.807, 2.05) is 44.7 Å². The minimum Gasteiger partial charge on any atom is -0.329 e. The average molecular weight is 313 g/mol. The zero-order valence-electron chi connectivity index (χ0n) is 11.6. The van der Waals surface area contributed by atoms with E-state index in [-0.39, 0.29) is 6.04 Å². The molecule has 2 aromatic rings. The normalized spacial score (nSPS) is 12.9. The van der Waals surface area contributed by atoms with Gasteiger partial charge in [0.05, 0.1) is 12.2 Å². The maximum atomic E-state index is 6.27. The van der Waals surface area contributed by atoms with E-state index >= 15 is 0 Å². The SMILES string of the molecule is CN(Cc1cnn(C)c1)C(CN)c1c(Cl)cccc1Cl. The van der Waals surface area contributed by atoms with E-state index in [0.717, 1.165) is 17.7 Å². The van der Waals surface area contributed by atoms with Crippen LogP contribution in [0, 0.1) is 0 Å². The van der Waals surface area contributed by atoms with Crippen LogP contribution < -0.4 is 5.73 Å². The first-order valence-electron chi connectivity index (χ1n) is 6.34. The van der Waals surface area contributed by atoms with E-state index in [2.05, 4.69) is 10.00 Å². The summed E-state index contributed by atoms with van der Waals surface area (Å²) < 4.78 is 1.78. The second kappa shape index (κ2) is 6.59. The molecule has 0 radical (unpaired) electrons. The molecule has 0 aliphatic heterocycles. The highest BCUT2D eigenvalue weighted by atomic mass is 35.5. The Morgan fingerprint density at radius 1 is 1.35 bits per heavy atom. The topological polar surface area (TPSA) is 47.1 Å². The molecule has 0 saturated heterocycles. The second-order valence-corrected chi connectivity index (χ2v) is 5.64. The predicted octanol–water partition coefficient (Wildman–Crippen LogP) is 2.86. The number of aryl methyl sites for hydroxylation is 1. The molecule has 2 N–H and O–H groups in total. The maximum Gasteiger partial charge on any atom is 0.0534 e. The Hall–Kier alpha value is -1.07. The molecule has 1 atom stereocenters. The molecule has 108 valence electrons. The number of nitrogens with two attached hydrogens (primary N) is 1. The third-order valence-corrected chi connectivity index (χ3v) is 3.94. The van der Waals surface area contributed by atoms with Crippen LogP contribution in [0.5, 0.6) is 0 Å². The van der Waals surface area contributed by atoms with E-state index in [1.54, 1.807) is 4.68 Å². The lowest BCUT2D eigenvalue weighted by Gasteiger charge is -2.28. The smallest absolute Gasteiger partial charge is 0.0534 e. The highest BCUT2D eigenvalue weighted by Gasteiger charge is 2.21. The molecular formula is C14H18Cl2N4. The average Bonchev–Trinajstić information content (AvgIpc) is 2.79. The molecule has 1 aromatic carbocycles. The largest absolute Gasteiger partial charge is 0.329 e. The van der Waals surface area contributed by atoms with E-state index < -0.39 is 0 Å². The third-order valence-electron chi connectivity index (χ3n) is 3.28. The van der Waals surface area contributed by atoms with E-state index in [9.17, 15) is 0 Å². The van der Waals surface area contributed by atoms with Crippen molar-refractivity contribution in [3.05, 3.63) is 51.8 Å². The Morgan fingerprint density at radius 2 is 2.00 bits per heavy atom. The lowest BCUT2D eigenvalue weighted by atomic mass is 10.1. The van der Waals surface area contributed by atoms with Crippen LogP contribution in [0.25, 0.3) is 0 Å². The molecule has 2 rings (SSSR count). The Balaban J connectivity index is 2.23. The van der Waals surface area contributed by atoms with Gasteiger partial charge in [0.15, 0.2) is 0 Å². The molecule has 20 heavy (non-hydrogen) atoms. The molecule has 0 aliphatic rings. The van der Waals surface area contributed by atoms with Crippen molar-refractivity contribution in [3.8, 4) is 0 Å². The minimum atomic E-state index is -0.0311. The summed E-state index contributed by atoms with van der Waals surface area (Å²) in [6.07, 6.45) is 3.83. The monoisotopic (exact) mass is 312 g/mol. The van der Waals surface area contributed by atoms with Gasteiger partial charge < -0.3 is 5.73 Å². The van der Waals surface area contributed by atoms with E-state index in [4.69, 9.17) is 28.9 Å². The molecule has 0 bridgehead atoms. The van der Waals surface area contributed by atoms with Crippen LogP contribution in [-0.2, 0) is 13.6 Å². The van der Waals surface area contributed by atoms with Crippen molar-refractivity contribution in [1.82, 2.24) is 14.7 Å². The van der Waals surface area contributed by atoms with Crippen LogP contribution in [-0.4, -0.2) is 28.3 Å². The van der Waals surface area contributed by atoms with Gasteiger partial charge in [0.25, 0.3) is 0 Å². The fraction of sp³-hybridized carbons (Fsp3) is 0.357. The standard InChI is InChI=1S/C14H18Cl2N4/c1-19(8-10-7-18-20(2)9-10)13(6-17)14-11(15)4-3-5-12(14)16/h3-5,7,9,13H,6,8,17H2,1-2H3. The molecule has 6 heteroatoms. The van der Waals surface area contributed by atoms with Gasteiger partial charge in [0.1, 0.15) is 0 Å². The van der Waals surface area contributed by atoms with Crippen LogP contribution in [0.4, 0.5) is 0 Å². The van der Waals surface area contributed by atoms with Gasteiger partial charge in [-0.05, 0) is 19.2 Å². The zero-order valence-corrected chi connectivity index (χ0v) is 13.1. The molecule has 1 heterocycles. The van der Waals surface area contributed by atoms with Crippen LogP contribution in [0.3, 0.4) is 0 Å². The van der Waals surface area contributed by atoms with Crippen molar-refractivity contribution < 1.29 is 0 Å². The van der Waals surface area contributed by atoms with Crippen LogP contribution in [0.15, 0.2) is 30.6 Å². The van der Waals surface area contributed by atoms with Crippen molar-refractivity contribution in [3.63, 3.8) is 0 Å². The van der Waals surface area contributed by atoms with Crippen LogP contribution in [0.2, 0.25) is 10.0 Å². The van der Waals surface area contributed by atoms with Crippen LogP contribution in [0.1, 0.15) is 17.2 Å². The van der Waals surface area contributed by atoms with Crippen LogP contribution >= 0.6 is 23.2 Å². The molecule has 1 aromatic heterocycles. The number of hydrogen-bond acceptors (Lipinski definition) is 3. The lowest BCUT2D eigenvalue weighted by molar-refractivity contribution is 0.242. The Kier molecular flexibility index (Phi) is 5.05. The quantitative estimate of drug-likeness (QED) is 0.923. The number of rotatable bonds is 5. The zero-order chi connectivity index (χ0) is 14.7. The fourth-order valence-electron chi connectivity index (χ4n) is 2.30. The summed E-state index contributed by atoms with van der Waals surface area (Å²) in [6.45, 7) is 1.18. The summed E-state index contributed by atoms with van der Waals surface area (Å²) in [6, 6.07) is 5.48. The maximum absolute atomic E-state index is 6.27. The van der Waals surface area contributed by atoms with Crippen molar-refractivity contribution in [1.29, 1.82) is 0 Å². The molecule has 0 spiro atoms.